The molecule has 0 bridgehead atoms. The molecule has 1 N–H and O–H groups in total. The first-order chi connectivity index (χ1) is 17.5. The molecular formula is C35H56O2. The Kier molecular flexibility index (Phi) is 20.3. The number of rotatable bonds is 19. The minimum atomic E-state index is -0.855. The molecule has 37 heavy (non-hydrogen) atoms. The summed E-state index contributed by atoms with van der Waals surface area (Å²) in [4.78, 5) is 10.7. The fourth-order valence-corrected chi connectivity index (χ4v) is 4.11. The van der Waals surface area contributed by atoms with Gasteiger partial charge in [-0.15, -0.1) is 0 Å². The Morgan fingerprint density at radius 2 is 0.676 bits per heavy atom. The summed E-state index contributed by atoms with van der Waals surface area (Å²) in [6.07, 6.45) is 28.6. The van der Waals surface area contributed by atoms with Gasteiger partial charge in [-0.2, -0.15) is 0 Å². The van der Waals surface area contributed by atoms with Gasteiger partial charge in [-0.3, -0.25) is 0 Å². The Bertz CT molecular complexity index is 880. The van der Waals surface area contributed by atoms with Crippen LogP contribution in [0.25, 0.3) is 0 Å². The number of carbonyl (C=O) groups is 1. The molecule has 0 amide bonds. The van der Waals surface area contributed by atoms with E-state index in [2.05, 4.69) is 84.9 Å². The Labute approximate surface area is 229 Å². The molecule has 0 radical (unpaired) electrons. The summed E-state index contributed by atoms with van der Waals surface area (Å²) in [5, 5.41) is 8.77. The predicted octanol–water partition coefficient (Wildman–Crippen LogP) is 11.4. The van der Waals surface area contributed by atoms with Gasteiger partial charge in [0.1, 0.15) is 0 Å². The highest BCUT2D eigenvalue weighted by Crippen LogP contribution is 2.16. The molecule has 0 aromatic rings. The van der Waals surface area contributed by atoms with Gasteiger partial charge in [-0.05, 0) is 132 Å². The number of hydrogen-bond donors (Lipinski definition) is 1. The predicted molar refractivity (Wildman–Crippen MR) is 165 cm³/mol. The number of hydrogen-bond acceptors (Lipinski definition) is 1. The van der Waals surface area contributed by atoms with E-state index in [0.717, 1.165) is 69.8 Å². The van der Waals surface area contributed by atoms with E-state index < -0.39 is 5.97 Å². The third-order valence-electron chi connectivity index (χ3n) is 6.62. The lowest BCUT2D eigenvalue weighted by molar-refractivity contribution is -0.131. The summed E-state index contributed by atoms with van der Waals surface area (Å²) in [5.74, 6) is -0.855. The Hall–Kier alpha value is -2.35. The van der Waals surface area contributed by atoms with Gasteiger partial charge >= 0.3 is 5.97 Å². The fraction of sp³-hybridized carbons (Fsp3) is 0.571. The van der Waals surface area contributed by atoms with Crippen LogP contribution in [0.2, 0.25) is 0 Å². The molecule has 0 saturated heterocycles. The van der Waals surface area contributed by atoms with Gasteiger partial charge in [-0.1, -0.05) is 75.5 Å². The molecule has 0 aliphatic rings. The van der Waals surface area contributed by atoms with Gasteiger partial charge in [0.05, 0.1) is 0 Å². The summed E-state index contributed by atoms with van der Waals surface area (Å²) < 4.78 is 0. The molecule has 2 heteroatoms. The van der Waals surface area contributed by atoms with Crippen molar-refractivity contribution in [3.05, 3.63) is 81.5 Å². The van der Waals surface area contributed by atoms with Crippen LogP contribution in [0.4, 0.5) is 0 Å². The van der Waals surface area contributed by atoms with Gasteiger partial charge in [0.15, 0.2) is 0 Å². The number of carboxylic acids is 1. The van der Waals surface area contributed by atoms with Crippen LogP contribution in [0.1, 0.15) is 132 Å². The van der Waals surface area contributed by atoms with Gasteiger partial charge in [-0.25, -0.2) is 4.79 Å². The topological polar surface area (TPSA) is 37.3 Å². The summed E-state index contributed by atoms with van der Waals surface area (Å²) in [6.45, 7) is 17.4. The first-order valence-corrected chi connectivity index (χ1v) is 14.3. The SMILES string of the molecule is CC(C)=CCC/C(C)=C/CC/C(C)=C/CC/C(C)=C/CC/C(C)=C/CC/C(C)=C/CC/C(C)=C/C(=O)O. The van der Waals surface area contributed by atoms with Crippen molar-refractivity contribution < 1.29 is 9.90 Å². The second kappa shape index (κ2) is 21.7. The zero-order valence-electron chi connectivity index (χ0n) is 25.4. The van der Waals surface area contributed by atoms with Crippen LogP contribution in [-0.2, 0) is 4.79 Å². The average molecular weight is 509 g/mol. The van der Waals surface area contributed by atoms with Crippen LogP contribution < -0.4 is 0 Å². The van der Waals surface area contributed by atoms with E-state index >= 15 is 0 Å². The molecule has 2 nitrogen and oxygen atoms in total. The van der Waals surface area contributed by atoms with Crippen molar-refractivity contribution in [2.75, 3.05) is 0 Å². The van der Waals surface area contributed by atoms with Crippen LogP contribution in [0.3, 0.4) is 0 Å². The lowest BCUT2D eigenvalue weighted by Crippen LogP contribution is -1.89. The zero-order valence-corrected chi connectivity index (χ0v) is 25.4. The number of carboxylic acid groups (broad SMARTS) is 1. The molecule has 0 rings (SSSR count). The number of allylic oxidation sites excluding steroid dienone is 13. The standard InChI is InChI=1S/C35H56O2/c1-28(2)15-9-16-29(3)17-10-18-30(4)19-11-20-31(5)21-12-22-32(6)23-13-24-33(7)25-14-26-34(8)27-35(36)37/h15,17,19,21,23,25,27H,9-14,16,18,20,22,24,26H2,1-8H3,(H,36,37)/b29-17+,30-19+,31-21+,32-23+,33-25+,34-27+. The van der Waals surface area contributed by atoms with Crippen molar-refractivity contribution >= 4 is 5.97 Å². The van der Waals surface area contributed by atoms with Crippen LogP contribution in [0, 0.1) is 0 Å². The second-order valence-electron chi connectivity index (χ2n) is 11.1. The molecule has 208 valence electrons. The Morgan fingerprint density at radius 3 is 0.919 bits per heavy atom. The van der Waals surface area contributed by atoms with E-state index in [9.17, 15) is 4.79 Å². The van der Waals surface area contributed by atoms with E-state index in [0.29, 0.717) is 0 Å². The lowest BCUT2D eigenvalue weighted by Gasteiger charge is -2.04. The Balaban J connectivity index is 4.17. The molecule has 0 saturated carbocycles. The van der Waals surface area contributed by atoms with Crippen LogP contribution in [0.15, 0.2) is 81.5 Å². The van der Waals surface area contributed by atoms with Crippen LogP contribution in [0.5, 0.6) is 0 Å². The van der Waals surface area contributed by atoms with Gasteiger partial charge < -0.3 is 5.11 Å². The molecule has 0 fully saturated rings. The maximum Gasteiger partial charge on any atom is 0.328 e. The van der Waals surface area contributed by atoms with Gasteiger partial charge in [0.25, 0.3) is 0 Å². The van der Waals surface area contributed by atoms with Gasteiger partial charge in [0.2, 0.25) is 0 Å². The van der Waals surface area contributed by atoms with Crippen molar-refractivity contribution in [2.45, 2.75) is 132 Å². The number of aliphatic carboxylic acids is 1. The van der Waals surface area contributed by atoms with E-state index in [1.807, 2.05) is 6.92 Å². The summed E-state index contributed by atoms with van der Waals surface area (Å²) in [5.41, 5.74) is 9.71. The summed E-state index contributed by atoms with van der Waals surface area (Å²) >= 11 is 0. The van der Waals surface area contributed by atoms with Crippen molar-refractivity contribution in [3.63, 3.8) is 0 Å². The monoisotopic (exact) mass is 508 g/mol. The fourth-order valence-electron chi connectivity index (χ4n) is 4.11. The highest BCUT2D eigenvalue weighted by atomic mass is 16.4. The van der Waals surface area contributed by atoms with Gasteiger partial charge in [0, 0.05) is 6.08 Å². The summed E-state index contributed by atoms with van der Waals surface area (Å²) in [7, 11) is 0. The molecule has 0 aliphatic heterocycles. The first-order valence-electron chi connectivity index (χ1n) is 14.3. The smallest absolute Gasteiger partial charge is 0.328 e. The van der Waals surface area contributed by atoms with Crippen molar-refractivity contribution in [3.8, 4) is 0 Å². The average Bonchev–Trinajstić information content (AvgIpc) is 2.78. The third-order valence-corrected chi connectivity index (χ3v) is 6.62. The maximum absolute atomic E-state index is 10.7. The quantitative estimate of drug-likeness (QED) is 0.139. The molecular weight excluding hydrogens is 452 g/mol. The van der Waals surface area contributed by atoms with Crippen molar-refractivity contribution in [2.24, 2.45) is 0 Å². The highest BCUT2D eigenvalue weighted by Gasteiger charge is 1.97. The Morgan fingerprint density at radius 1 is 0.432 bits per heavy atom. The molecule has 0 aromatic carbocycles. The minimum absolute atomic E-state index is 0.813. The molecule has 0 aliphatic carbocycles. The van der Waals surface area contributed by atoms with E-state index in [-0.39, 0.29) is 0 Å². The molecule has 0 aromatic heterocycles. The van der Waals surface area contributed by atoms with Crippen LogP contribution >= 0.6 is 0 Å². The van der Waals surface area contributed by atoms with Crippen LogP contribution in [-0.4, -0.2) is 11.1 Å². The maximum atomic E-state index is 10.7. The molecule has 0 atom stereocenters. The third kappa shape index (κ3) is 23.8. The van der Waals surface area contributed by atoms with E-state index in [4.69, 9.17) is 5.11 Å². The zero-order chi connectivity index (χ0) is 28.1. The van der Waals surface area contributed by atoms with E-state index in [1.165, 1.54) is 52.4 Å². The minimum Gasteiger partial charge on any atom is -0.478 e. The summed E-state index contributed by atoms with van der Waals surface area (Å²) in [6, 6.07) is 0. The first kappa shape index (κ1) is 34.6. The molecule has 0 unspecified atom stereocenters. The molecule has 0 heterocycles. The normalized spacial score (nSPS) is 14.3. The largest absolute Gasteiger partial charge is 0.478 e. The second-order valence-corrected chi connectivity index (χ2v) is 11.1. The van der Waals surface area contributed by atoms with Crippen molar-refractivity contribution in [1.29, 1.82) is 0 Å². The highest BCUT2D eigenvalue weighted by molar-refractivity contribution is 5.80. The van der Waals surface area contributed by atoms with E-state index in [1.54, 1.807) is 0 Å². The van der Waals surface area contributed by atoms with Crippen molar-refractivity contribution in [1.82, 2.24) is 0 Å². The molecule has 0 spiro atoms. The lowest BCUT2D eigenvalue weighted by atomic mass is 10.0.